The number of aromatic carboxylic acids is 1. The predicted molar refractivity (Wildman–Crippen MR) is 70.5 cm³/mol. The molecule has 20 heavy (non-hydrogen) atoms. The Morgan fingerprint density at radius 3 is 2.60 bits per heavy atom. The quantitative estimate of drug-likeness (QED) is 0.841. The summed E-state index contributed by atoms with van der Waals surface area (Å²) in [5.74, 6) is -1.73. The second kappa shape index (κ2) is 4.84. The molecule has 1 aromatic carbocycles. The normalized spacial score (nSPS) is 10.6. The molecule has 0 fully saturated rings. The highest BCUT2D eigenvalue weighted by molar-refractivity contribution is 5.97. The van der Waals surface area contributed by atoms with Crippen molar-refractivity contribution in [2.24, 2.45) is 7.05 Å². The lowest BCUT2D eigenvalue weighted by molar-refractivity contribution is 0.0695. The van der Waals surface area contributed by atoms with Crippen molar-refractivity contribution >= 4 is 11.7 Å². The number of hydrogen-bond donors (Lipinski definition) is 2. The molecular weight excluding hydrogens is 265 g/mol. The van der Waals surface area contributed by atoms with E-state index in [0.717, 1.165) is 11.8 Å². The monoisotopic (exact) mass is 279 g/mol. The lowest BCUT2D eigenvalue weighted by Gasteiger charge is -2.11. The summed E-state index contributed by atoms with van der Waals surface area (Å²) < 4.78 is 20.5. The molecule has 0 bridgehead atoms. The first-order chi connectivity index (χ1) is 9.32. The highest BCUT2D eigenvalue weighted by Gasteiger charge is 2.21. The number of carbonyl (C=O) groups is 1. The maximum Gasteiger partial charge on any atom is 0.341 e. The molecule has 1 aromatic heterocycles. The van der Waals surface area contributed by atoms with Gasteiger partial charge in [0.05, 0.1) is 11.4 Å². The Balaban J connectivity index is 2.54. The number of rotatable bonds is 3. The minimum absolute atomic E-state index is 0.0180. The smallest absolute Gasteiger partial charge is 0.341 e. The van der Waals surface area contributed by atoms with Gasteiger partial charge in [0.25, 0.3) is 0 Å². The first-order valence-electron chi connectivity index (χ1n) is 5.82. The van der Waals surface area contributed by atoms with Crippen LogP contribution in [0.5, 0.6) is 11.5 Å². The van der Waals surface area contributed by atoms with Crippen molar-refractivity contribution in [1.82, 2.24) is 9.78 Å². The van der Waals surface area contributed by atoms with Crippen molar-refractivity contribution in [3.8, 4) is 11.5 Å². The first-order valence-corrected chi connectivity index (χ1v) is 5.82. The average Bonchev–Trinajstić information content (AvgIpc) is 2.60. The van der Waals surface area contributed by atoms with Crippen molar-refractivity contribution in [2.75, 3.05) is 5.73 Å². The fourth-order valence-electron chi connectivity index (χ4n) is 1.89. The Hall–Kier alpha value is -2.57. The summed E-state index contributed by atoms with van der Waals surface area (Å²) in [6.45, 7) is 3.51. The van der Waals surface area contributed by atoms with Gasteiger partial charge in [0.15, 0.2) is 5.75 Å². The Kier molecular flexibility index (Phi) is 3.35. The van der Waals surface area contributed by atoms with E-state index in [9.17, 15) is 9.18 Å². The molecule has 0 radical (unpaired) electrons. The molecule has 0 unspecified atom stereocenters. The molecule has 0 saturated heterocycles. The molecule has 7 heteroatoms. The van der Waals surface area contributed by atoms with Gasteiger partial charge < -0.3 is 15.6 Å². The molecule has 0 spiro atoms. The van der Waals surface area contributed by atoms with E-state index in [-0.39, 0.29) is 5.75 Å². The minimum Gasteiger partial charge on any atom is -0.477 e. The number of carboxylic acid groups (broad SMARTS) is 1. The van der Waals surface area contributed by atoms with E-state index in [1.54, 1.807) is 25.6 Å². The van der Waals surface area contributed by atoms with E-state index in [1.165, 1.54) is 6.07 Å². The summed E-state index contributed by atoms with van der Waals surface area (Å²) in [4.78, 5) is 11.2. The number of aryl methyl sites for hydroxylation is 2. The number of halogens is 1. The average molecular weight is 279 g/mol. The molecule has 0 aliphatic heterocycles. The minimum atomic E-state index is -1.35. The van der Waals surface area contributed by atoms with Crippen LogP contribution in [0, 0.1) is 19.7 Å². The standard InChI is InChI=1S/C13H14FN3O3/c1-6-12(7(2)17(3)16-6)20-9-5-4-8(14)11(15)10(9)13(18)19/h4-5H,15H2,1-3H3,(H,18,19). The third-order valence-corrected chi connectivity index (χ3v) is 3.02. The number of ether oxygens (including phenoxy) is 1. The number of carboxylic acids is 1. The summed E-state index contributed by atoms with van der Waals surface area (Å²) >= 11 is 0. The van der Waals surface area contributed by atoms with Gasteiger partial charge in [-0.25, -0.2) is 9.18 Å². The zero-order chi connectivity index (χ0) is 15.0. The molecule has 3 N–H and O–H groups in total. The number of nitrogens with zero attached hydrogens (tertiary/aromatic N) is 2. The van der Waals surface area contributed by atoms with Gasteiger partial charge in [-0.1, -0.05) is 0 Å². The predicted octanol–water partition coefficient (Wildman–Crippen LogP) is 2.25. The topological polar surface area (TPSA) is 90.4 Å². The lowest BCUT2D eigenvalue weighted by Crippen LogP contribution is -2.07. The third kappa shape index (κ3) is 2.18. The number of nitrogens with two attached hydrogens (primary N) is 1. The van der Waals surface area contributed by atoms with Crippen LogP contribution in [0.2, 0.25) is 0 Å². The van der Waals surface area contributed by atoms with Gasteiger partial charge in [0, 0.05) is 7.05 Å². The van der Waals surface area contributed by atoms with E-state index >= 15 is 0 Å². The molecule has 0 aliphatic carbocycles. The van der Waals surface area contributed by atoms with E-state index in [4.69, 9.17) is 15.6 Å². The Morgan fingerprint density at radius 1 is 1.45 bits per heavy atom. The fourth-order valence-corrected chi connectivity index (χ4v) is 1.89. The van der Waals surface area contributed by atoms with E-state index in [1.807, 2.05) is 0 Å². The van der Waals surface area contributed by atoms with Crippen LogP contribution in [0.1, 0.15) is 21.7 Å². The van der Waals surface area contributed by atoms with Gasteiger partial charge in [-0.15, -0.1) is 0 Å². The van der Waals surface area contributed by atoms with Crippen molar-refractivity contribution in [1.29, 1.82) is 0 Å². The zero-order valence-corrected chi connectivity index (χ0v) is 11.3. The van der Waals surface area contributed by atoms with Gasteiger partial charge >= 0.3 is 5.97 Å². The second-order valence-electron chi connectivity index (χ2n) is 4.36. The number of benzene rings is 1. The molecule has 0 aliphatic rings. The third-order valence-electron chi connectivity index (χ3n) is 3.02. The van der Waals surface area contributed by atoms with Crippen LogP contribution in [-0.2, 0) is 7.05 Å². The molecule has 2 aromatic rings. The Labute approximate surface area is 114 Å². The van der Waals surface area contributed by atoms with Gasteiger partial charge in [-0.05, 0) is 26.0 Å². The van der Waals surface area contributed by atoms with Crippen LogP contribution in [0.4, 0.5) is 10.1 Å². The number of nitrogen functional groups attached to an aromatic ring is 1. The maximum atomic E-state index is 13.4. The van der Waals surface area contributed by atoms with Crippen molar-refractivity contribution in [3.63, 3.8) is 0 Å². The van der Waals surface area contributed by atoms with Crippen molar-refractivity contribution < 1.29 is 19.0 Å². The molecule has 0 saturated carbocycles. The molecule has 2 rings (SSSR count). The van der Waals surface area contributed by atoms with Crippen molar-refractivity contribution in [3.05, 3.63) is 34.9 Å². The van der Waals surface area contributed by atoms with E-state index < -0.39 is 23.0 Å². The Bertz CT molecular complexity index is 695. The van der Waals surface area contributed by atoms with E-state index in [0.29, 0.717) is 11.4 Å². The zero-order valence-electron chi connectivity index (χ0n) is 11.3. The largest absolute Gasteiger partial charge is 0.477 e. The Morgan fingerprint density at radius 2 is 2.10 bits per heavy atom. The molecule has 106 valence electrons. The van der Waals surface area contributed by atoms with Crippen molar-refractivity contribution in [2.45, 2.75) is 13.8 Å². The molecular formula is C13H14FN3O3. The van der Waals surface area contributed by atoms with Gasteiger partial charge in [0.2, 0.25) is 0 Å². The van der Waals surface area contributed by atoms with Gasteiger partial charge in [-0.2, -0.15) is 5.10 Å². The summed E-state index contributed by atoms with van der Waals surface area (Å²) in [6.07, 6.45) is 0. The van der Waals surface area contributed by atoms with Crippen LogP contribution < -0.4 is 10.5 Å². The molecule has 0 atom stereocenters. The SMILES string of the molecule is Cc1nn(C)c(C)c1Oc1ccc(F)c(N)c1C(=O)O. The van der Waals surface area contributed by atoms with Crippen LogP contribution in [-0.4, -0.2) is 20.9 Å². The van der Waals surface area contributed by atoms with Gasteiger partial charge in [-0.3, -0.25) is 4.68 Å². The fraction of sp³-hybridized carbons (Fsp3) is 0.231. The lowest BCUT2D eigenvalue weighted by atomic mass is 10.1. The highest BCUT2D eigenvalue weighted by atomic mass is 19.1. The van der Waals surface area contributed by atoms with Crippen LogP contribution >= 0.6 is 0 Å². The first kappa shape index (κ1) is 13.9. The molecule has 6 nitrogen and oxygen atoms in total. The van der Waals surface area contributed by atoms with Crippen LogP contribution in [0.15, 0.2) is 12.1 Å². The van der Waals surface area contributed by atoms with Crippen LogP contribution in [0.3, 0.4) is 0 Å². The second-order valence-corrected chi connectivity index (χ2v) is 4.36. The number of anilines is 1. The van der Waals surface area contributed by atoms with Crippen LogP contribution in [0.25, 0.3) is 0 Å². The maximum absolute atomic E-state index is 13.4. The van der Waals surface area contributed by atoms with E-state index in [2.05, 4.69) is 5.10 Å². The highest BCUT2D eigenvalue weighted by Crippen LogP contribution is 2.33. The summed E-state index contributed by atoms with van der Waals surface area (Å²) in [5.41, 5.74) is 5.94. The number of aromatic nitrogens is 2. The molecule has 1 heterocycles. The molecule has 0 amide bonds. The number of hydrogen-bond acceptors (Lipinski definition) is 4. The summed E-state index contributed by atoms with van der Waals surface area (Å²) in [5, 5.41) is 13.3. The summed E-state index contributed by atoms with van der Waals surface area (Å²) in [7, 11) is 1.74. The summed E-state index contributed by atoms with van der Waals surface area (Å²) in [6, 6.07) is 2.30. The van der Waals surface area contributed by atoms with Gasteiger partial charge in [0.1, 0.15) is 22.8 Å².